The molecule has 0 aliphatic carbocycles. The van der Waals surface area contributed by atoms with Gasteiger partial charge in [0.1, 0.15) is 5.75 Å². The highest BCUT2D eigenvalue weighted by molar-refractivity contribution is 7.90. The van der Waals surface area contributed by atoms with Gasteiger partial charge in [0.2, 0.25) is 0 Å². The molecule has 2 heterocycles. The Labute approximate surface area is 182 Å². The average molecular weight is 446 g/mol. The number of hydrogen-bond donors (Lipinski definition) is 3. The van der Waals surface area contributed by atoms with Gasteiger partial charge in [0, 0.05) is 37.4 Å². The molecule has 2 fully saturated rings. The highest BCUT2D eigenvalue weighted by Crippen LogP contribution is 2.36. The number of sulfone groups is 1. The van der Waals surface area contributed by atoms with Crippen molar-refractivity contribution in [2.45, 2.75) is 29.4 Å². The SMILES string of the molecule is COc1cc(C(=O)N2CC(O)C[C@@H]2c2cccc(S(C)(=O)=O)c2)ccc1C1CNNC1. The smallest absolute Gasteiger partial charge is 0.254 e. The lowest BCUT2D eigenvalue weighted by atomic mass is 9.97. The maximum absolute atomic E-state index is 13.4. The monoisotopic (exact) mass is 445 g/mol. The van der Waals surface area contributed by atoms with Crippen LogP contribution in [0.15, 0.2) is 47.4 Å². The number of hydrogen-bond acceptors (Lipinski definition) is 7. The van der Waals surface area contributed by atoms with Crippen molar-refractivity contribution in [1.82, 2.24) is 15.8 Å². The van der Waals surface area contributed by atoms with Gasteiger partial charge in [0.15, 0.2) is 9.84 Å². The summed E-state index contributed by atoms with van der Waals surface area (Å²) in [5.74, 6) is 0.676. The van der Waals surface area contributed by atoms with Crippen LogP contribution in [-0.4, -0.2) is 63.4 Å². The molecule has 4 rings (SSSR count). The van der Waals surface area contributed by atoms with Gasteiger partial charge in [0.05, 0.1) is 24.2 Å². The Morgan fingerprint density at radius 1 is 1.16 bits per heavy atom. The summed E-state index contributed by atoms with van der Waals surface area (Å²) in [7, 11) is -1.79. The topological polar surface area (TPSA) is 108 Å². The minimum atomic E-state index is -3.37. The number of carbonyl (C=O) groups excluding carboxylic acids is 1. The Morgan fingerprint density at radius 3 is 2.58 bits per heavy atom. The number of β-amino-alcohol motifs (C(OH)–C–C–N with tert-alkyl or cyclic N) is 1. The summed E-state index contributed by atoms with van der Waals surface area (Å²) in [6.07, 6.45) is 0.836. The van der Waals surface area contributed by atoms with Crippen molar-refractivity contribution in [3.05, 3.63) is 59.2 Å². The molecule has 2 aromatic carbocycles. The Hall–Kier alpha value is -2.46. The van der Waals surface area contributed by atoms with Gasteiger partial charge in [-0.3, -0.25) is 15.6 Å². The van der Waals surface area contributed by atoms with E-state index in [-0.39, 0.29) is 23.3 Å². The zero-order chi connectivity index (χ0) is 22.2. The van der Waals surface area contributed by atoms with Gasteiger partial charge in [-0.25, -0.2) is 8.42 Å². The summed E-state index contributed by atoms with van der Waals surface area (Å²) >= 11 is 0. The number of amides is 1. The van der Waals surface area contributed by atoms with E-state index >= 15 is 0 Å². The van der Waals surface area contributed by atoms with Crippen molar-refractivity contribution in [2.75, 3.05) is 33.0 Å². The molecule has 3 N–H and O–H groups in total. The first-order chi connectivity index (χ1) is 14.8. The summed E-state index contributed by atoms with van der Waals surface area (Å²) in [5.41, 5.74) is 8.38. The minimum Gasteiger partial charge on any atom is -0.496 e. The van der Waals surface area contributed by atoms with Crippen molar-refractivity contribution in [3.63, 3.8) is 0 Å². The van der Waals surface area contributed by atoms with Crippen molar-refractivity contribution in [2.24, 2.45) is 0 Å². The molecule has 0 bridgehead atoms. The van der Waals surface area contributed by atoms with E-state index < -0.39 is 22.0 Å². The number of likely N-dealkylation sites (tertiary alicyclic amines) is 1. The Bertz CT molecular complexity index is 1080. The summed E-state index contributed by atoms with van der Waals surface area (Å²) in [4.78, 5) is 15.2. The number of aliphatic hydroxyl groups excluding tert-OH is 1. The number of benzene rings is 2. The first kappa shape index (κ1) is 21.8. The third-order valence-corrected chi connectivity index (χ3v) is 7.06. The van der Waals surface area contributed by atoms with Crippen molar-refractivity contribution < 1.29 is 23.1 Å². The molecular formula is C22H27N3O5S. The van der Waals surface area contributed by atoms with E-state index in [0.29, 0.717) is 23.3 Å². The van der Waals surface area contributed by atoms with Crippen LogP contribution in [0.1, 0.15) is 39.9 Å². The molecule has 2 aliphatic rings. The first-order valence-corrected chi connectivity index (χ1v) is 12.1. The molecule has 0 saturated carbocycles. The molecule has 9 heteroatoms. The molecule has 31 heavy (non-hydrogen) atoms. The molecule has 2 atom stereocenters. The van der Waals surface area contributed by atoms with Crippen LogP contribution < -0.4 is 15.6 Å². The molecular weight excluding hydrogens is 418 g/mol. The van der Waals surface area contributed by atoms with E-state index in [1.165, 1.54) is 6.07 Å². The maximum atomic E-state index is 13.4. The van der Waals surface area contributed by atoms with Gasteiger partial charge in [-0.15, -0.1) is 0 Å². The Morgan fingerprint density at radius 2 is 1.90 bits per heavy atom. The predicted octanol–water partition coefficient (Wildman–Crippen LogP) is 1.24. The number of aliphatic hydroxyl groups is 1. The Balaban J connectivity index is 1.64. The van der Waals surface area contributed by atoms with Crippen LogP contribution in [0.2, 0.25) is 0 Å². The average Bonchev–Trinajstić information content (AvgIpc) is 3.42. The lowest BCUT2D eigenvalue weighted by Gasteiger charge is -2.26. The van der Waals surface area contributed by atoms with Gasteiger partial charge in [-0.05, 0) is 41.8 Å². The standard InChI is InChI=1S/C22H27N3O5S/c1-30-21-9-15(6-7-19(21)16-11-23-24-12-16)22(27)25-13-17(26)10-20(25)14-4-3-5-18(8-14)31(2,28)29/h3-9,16-17,20,23-24,26H,10-13H2,1-2H3/t17?,20-/m1/s1. The second-order valence-corrected chi connectivity index (χ2v) is 10.1. The van der Waals surface area contributed by atoms with E-state index in [1.54, 1.807) is 42.3 Å². The second-order valence-electron chi connectivity index (χ2n) is 8.12. The van der Waals surface area contributed by atoms with E-state index in [4.69, 9.17) is 4.74 Å². The fourth-order valence-electron chi connectivity index (χ4n) is 4.34. The quantitative estimate of drug-likeness (QED) is 0.635. The minimum absolute atomic E-state index is 0.188. The number of nitrogens with zero attached hydrogens (tertiary/aromatic N) is 1. The first-order valence-electron chi connectivity index (χ1n) is 10.2. The number of hydrazine groups is 1. The van der Waals surface area contributed by atoms with Crippen LogP contribution in [0, 0.1) is 0 Å². The summed E-state index contributed by atoms with van der Waals surface area (Å²) in [6.45, 7) is 1.74. The molecule has 2 aliphatic heterocycles. The number of rotatable bonds is 5. The van der Waals surface area contributed by atoms with E-state index in [9.17, 15) is 18.3 Å². The van der Waals surface area contributed by atoms with Crippen LogP contribution in [0.4, 0.5) is 0 Å². The van der Waals surface area contributed by atoms with Crippen LogP contribution in [0.3, 0.4) is 0 Å². The van der Waals surface area contributed by atoms with Crippen molar-refractivity contribution in [3.8, 4) is 5.75 Å². The molecule has 0 aromatic heterocycles. The number of nitrogens with one attached hydrogen (secondary N) is 2. The van der Waals surface area contributed by atoms with Gasteiger partial charge < -0.3 is 14.7 Å². The van der Waals surface area contributed by atoms with Gasteiger partial charge in [0.25, 0.3) is 5.91 Å². The number of carbonyl (C=O) groups is 1. The lowest BCUT2D eigenvalue weighted by Crippen LogP contribution is -2.32. The van der Waals surface area contributed by atoms with E-state index in [0.717, 1.165) is 24.9 Å². The second kappa shape index (κ2) is 8.58. The van der Waals surface area contributed by atoms with E-state index in [2.05, 4.69) is 10.9 Å². The van der Waals surface area contributed by atoms with Crippen LogP contribution in [-0.2, 0) is 9.84 Å². The van der Waals surface area contributed by atoms with Crippen LogP contribution in [0.25, 0.3) is 0 Å². The molecule has 1 unspecified atom stereocenters. The zero-order valence-corrected chi connectivity index (χ0v) is 18.4. The molecule has 2 saturated heterocycles. The molecule has 0 spiro atoms. The van der Waals surface area contributed by atoms with E-state index in [1.807, 2.05) is 6.07 Å². The zero-order valence-electron chi connectivity index (χ0n) is 17.5. The van der Waals surface area contributed by atoms with Gasteiger partial charge >= 0.3 is 0 Å². The highest BCUT2D eigenvalue weighted by Gasteiger charge is 2.36. The highest BCUT2D eigenvalue weighted by atomic mass is 32.2. The molecule has 0 radical (unpaired) electrons. The van der Waals surface area contributed by atoms with Gasteiger partial charge in [-0.2, -0.15) is 0 Å². The summed E-state index contributed by atoms with van der Waals surface area (Å²) < 4.78 is 29.5. The van der Waals surface area contributed by atoms with Gasteiger partial charge in [-0.1, -0.05) is 18.2 Å². The van der Waals surface area contributed by atoms with Crippen molar-refractivity contribution in [1.29, 1.82) is 0 Å². The summed E-state index contributed by atoms with van der Waals surface area (Å²) in [6, 6.07) is 11.6. The fraction of sp³-hybridized carbons (Fsp3) is 0.409. The maximum Gasteiger partial charge on any atom is 0.254 e. The van der Waals surface area contributed by atoms with Crippen LogP contribution in [0.5, 0.6) is 5.75 Å². The molecule has 166 valence electrons. The largest absolute Gasteiger partial charge is 0.496 e. The third-order valence-electron chi connectivity index (χ3n) is 5.95. The predicted molar refractivity (Wildman–Crippen MR) is 116 cm³/mol. The molecule has 1 amide bonds. The fourth-order valence-corrected chi connectivity index (χ4v) is 5.01. The normalized spacial score (nSPS) is 22.1. The molecule has 8 nitrogen and oxygen atoms in total. The lowest BCUT2D eigenvalue weighted by molar-refractivity contribution is 0.0715. The number of ether oxygens (including phenoxy) is 1. The Kier molecular flexibility index (Phi) is 6.02. The summed E-state index contributed by atoms with van der Waals surface area (Å²) in [5, 5.41) is 10.3. The van der Waals surface area contributed by atoms with Crippen LogP contribution >= 0.6 is 0 Å². The third kappa shape index (κ3) is 4.45. The molecule has 2 aromatic rings. The number of methoxy groups -OCH3 is 1. The van der Waals surface area contributed by atoms with Crippen molar-refractivity contribution >= 4 is 15.7 Å².